The number of hydrogen-bond donors (Lipinski definition) is 2. The second-order valence-electron chi connectivity index (χ2n) is 5.87. The van der Waals surface area contributed by atoms with Gasteiger partial charge in [-0.1, -0.05) is 6.07 Å². The predicted molar refractivity (Wildman–Crippen MR) is 101 cm³/mol. The van der Waals surface area contributed by atoms with Gasteiger partial charge in [0.25, 0.3) is 5.91 Å². The molecule has 7 nitrogen and oxygen atoms in total. The highest BCUT2D eigenvalue weighted by molar-refractivity contribution is 6.32. The summed E-state index contributed by atoms with van der Waals surface area (Å²) in [6, 6.07) is 10.7. The Morgan fingerprint density at radius 3 is 2.56 bits per heavy atom. The number of nitrogens with zero attached hydrogens (tertiary/aromatic N) is 2. The number of benzene rings is 2. The molecular formula is C20H18N2O5. The maximum Gasteiger partial charge on any atom is 0.335 e. The van der Waals surface area contributed by atoms with Crippen LogP contribution in [-0.2, 0) is 4.79 Å². The normalized spacial score (nSPS) is 15.2. The van der Waals surface area contributed by atoms with Gasteiger partial charge < -0.3 is 14.9 Å². The highest BCUT2D eigenvalue weighted by Gasteiger charge is 2.28. The van der Waals surface area contributed by atoms with E-state index in [2.05, 4.69) is 5.10 Å². The molecule has 0 saturated carbocycles. The number of carboxylic acid groups (broad SMARTS) is 1. The Bertz CT molecular complexity index is 961. The Kier molecular flexibility index (Phi) is 4.94. The molecule has 3 rings (SSSR count). The van der Waals surface area contributed by atoms with Crippen LogP contribution in [0.25, 0.3) is 6.08 Å². The van der Waals surface area contributed by atoms with Crippen molar-refractivity contribution in [2.75, 3.05) is 11.6 Å². The number of ether oxygens (including phenoxy) is 1. The second kappa shape index (κ2) is 7.33. The Morgan fingerprint density at radius 2 is 1.93 bits per heavy atom. The number of hydrazone groups is 1. The van der Waals surface area contributed by atoms with Crippen LogP contribution in [0.15, 0.2) is 53.1 Å². The highest BCUT2D eigenvalue weighted by Crippen LogP contribution is 2.30. The largest absolute Gasteiger partial charge is 0.504 e. The first-order valence-corrected chi connectivity index (χ1v) is 8.31. The lowest BCUT2D eigenvalue weighted by Gasteiger charge is -2.12. The maximum atomic E-state index is 12.8. The number of anilines is 1. The molecule has 1 heterocycles. The van der Waals surface area contributed by atoms with E-state index in [1.54, 1.807) is 25.1 Å². The molecule has 0 spiro atoms. The van der Waals surface area contributed by atoms with Crippen LogP contribution in [0.3, 0.4) is 0 Å². The smallest absolute Gasteiger partial charge is 0.335 e. The molecule has 0 radical (unpaired) electrons. The number of hydrogen-bond acceptors (Lipinski definition) is 5. The van der Waals surface area contributed by atoms with E-state index in [4.69, 9.17) is 9.84 Å². The van der Waals surface area contributed by atoms with Gasteiger partial charge in [0.1, 0.15) is 0 Å². The van der Waals surface area contributed by atoms with Gasteiger partial charge in [-0.25, -0.2) is 4.79 Å². The van der Waals surface area contributed by atoms with Crippen molar-refractivity contribution < 1.29 is 24.5 Å². The molecule has 138 valence electrons. The summed E-state index contributed by atoms with van der Waals surface area (Å²) in [4.78, 5) is 23.7. The average molecular weight is 366 g/mol. The van der Waals surface area contributed by atoms with Gasteiger partial charge in [0, 0.05) is 0 Å². The van der Waals surface area contributed by atoms with E-state index < -0.39 is 5.97 Å². The molecule has 1 aliphatic rings. The lowest BCUT2D eigenvalue weighted by Crippen LogP contribution is -2.21. The molecule has 0 unspecified atom stereocenters. The van der Waals surface area contributed by atoms with Crippen LogP contribution in [0.1, 0.15) is 29.8 Å². The fourth-order valence-electron chi connectivity index (χ4n) is 2.66. The lowest BCUT2D eigenvalue weighted by molar-refractivity contribution is -0.114. The van der Waals surface area contributed by atoms with E-state index in [1.807, 2.05) is 6.92 Å². The number of phenolic OH excluding ortho intramolecular Hbond substituents is 1. The maximum absolute atomic E-state index is 12.8. The van der Waals surface area contributed by atoms with Crippen molar-refractivity contribution in [3.63, 3.8) is 0 Å². The third kappa shape index (κ3) is 3.67. The van der Waals surface area contributed by atoms with Crippen LogP contribution in [0.4, 0.5) is 5.69 Å². The summed E-state index contributed by atoms with van der Waals surface area (Å²) in [7, 11) is 0. The number of carboxylic acids is 1. The molecule has 0 atom stereocenters. The lowest BCUT2D eigenvalue weighted by atomic mass is 10.1. The molecule has 7 heteroatoms. The first-order chi connectivity index (χ1) is 12.9. The number of amides is 1. The SMILES string of the molecule is CCOc1cc(/C=C2/C(=O)N(c3ccc(C(=O)O)cc3)N=C2C)ccc1O. The molecule has 2 aromatic rings. The number of carbonyl (C=O) groups excluding carboxylic acids is 1. The van der Waals surface area contributed by atoms with Crippen LogP contribution < -0.4 is 9.75 Å². The fourth-order valence-corrected chi connectivity index (χ4v) is 2.66. The minimum absolute atomic E-state index is 0.0299. The van der Waals surface area contributed by atoms with Crippen molar-refractivity contribution in [3.05, 3.63) is 59.2 Å². The molecule has 0 fully saturated rings. The molecule has 0 aromatic heterocycles. The van der Waals surface area contributed by atoms with Crippen LogP contribution in [0.2, 0.25) is 0 Å². The van der Waals surface area contributed by atoms with E-state index in [-0.39, 0.29) is 17.2 Å². The number of carbonyl (C=O) groups is 2. The number of aromatic hydroxyl groups is 1. The van der Waals surface area contributed by atoms with Crippen molar-refractivity contribution in [1.82, 2.24) is 0 Å². The summed E-state index contributed by atoms with van der Waals surface area (Å²) < 4.78 is 5.36. The first-order valence-electron chi connectivity index (χ1n) is 8.31. The molecule has 2 N–H and O–H groups in total. The van der Waals surface area contributed by atoms with Crippen LogP contribution in [0, 0.1) is 0 Å². The third-order valence-electron chi connectivity index (χ3n) is 4.02. The molecule has 1 aliphatic heterocycles. The fraction of sp³-hybridized carbons (Fsp3) is 0.150. The minimum Gasteiger partial charge on any atom is -0.504 e. The summed E-state index contributed by atoms with van der Waals surface area (Å²) in [5.74, 6) is -0.983. The molecule has 2 aromatic carbocycles. The van der Waals surface area contributed by atoms with Crippen LogP contribution >= 0.6 is 0 Å². The number of aromatic carboxylic acids is 1. The Hall–Kier alpha value is -3.61. The quantitative estimate of drug-likeness (QED) is 0.791. The zero-order valence-electron chi connectivity index (χ0n) is 14.8. The Morgan fingerprint density at radius 1 is 1.22 bits per heavy atom. The van der Waals surface area contributed by atoms with Crippen molar-refractivity contribution in [2.24, 2.45) is 5.10 Å². The predicted octanol–water partition coefficient (Wildman–Crippen LogP) is 3.30. The van der Waals surface area contributed by atoms with E-state index in [1.165, 1.54) is 35.3 Å². The summed E-state index contributed by atoms with van der Waals surface area (Å²) in [6.07, 6.45) is 1.68. The first kappa shape index (κ1) is 18.2. The monoisotopic (exact) mass is 366 g/mol. The van der Waals surface area contributed by atoms with Gasteiger partial charge in [0.05, 0.1) is 29.1 Å². The molecule has 27 heavy (non-hydrogen) atoms. The molecular weight excluding hydrogens is 348 g/mol. The van der Waals surface area contributed by atoms with Crippen molar-refractivity contribution in [2.45, 2.75) is 13.8 Å². The van der Waals surface area contributed by atoms with E-state index in [0.717, 1.165) is 0 Å². The zero-order chi connectivity index (χ0) is 19.6. The van der Waals surface area contributed by atoms with Gasteiger partial charge in [-0.05, 0) is 61.9 Å². The second-order valence-corrected chi connectivity index (χ2v) is 5.87. The van der Waals surface area contributed by atoms with Gasteiger partial charge in [-0.15, -0.1) is 0 Å². The van der Waals surface area contributed by atoms with E-state index in [0.29, 0.717) is 34.9 Å². The van der Waals surface area contributed by atoms with Crippen molar-refractivity contribution >= 4 is 29.4 Å². The molecule has 1 amide bonds. The van der Waals surface area contributed by atoms with Gasteiger partial charge in [-0.3, -0.25) is 4.79 Å². The van der Waals surface area contributed by atoms with Gasteiger partial charge in [0.15, 0.2) is 11.5 Å². The van der Waals surface area contributed by atoms with Gasteiger partial charge in [0.2, 0.25) is 0 Å². The van der Waals surface area contributed by atoms with E-state index in [9.17, 15) is 14.7 Å². The summed E-state index contributed by atoms with van der Waals surface area (Å²) in [5.41, 5.74) is 2.25. The topological polar surface area (TPSA) is 99.4 Å². The van der Waals surface area contributed by atoms with Crippen LogP contribution in [-0.4, -0.2) is 34.4 Å². The number of phenols is 1. The van der Waals surface area contributed by atoms with Crippen molar-refractivity contribution in [3.8, 4) is 11.5 Å². The van der Waals surface area contributed by atoms with Gasteiger partial charge >= 0.3 is 5.97 Å². The van der Waals surface area contributed by atoms with E-state index >= 15 is 0 Å². The molecule has 0 bridgehead atoms. The minimum atomic E-state index is -1.04. The molecule has 0 saturated heterocycles. The standard InChI is InChI=1S/C20H18N2O5/c1-3-27-18-11-13(4-9-17(18)23)10-16-12(2)21-22(19(16)24)15-7-5-14(6-8-15)20(25)26/h4-11,23H,3H2,1-2H3,(H,25,26)/b16-10+. The third-order valence-corrected chi connectivity index (χ3v) is 4.02. The number of rotatable bonds is 5. The highest BCUT2D eigenvalue weighted by atomic mass is 16.5. The summed E-state index contributed by atoms with van der Waals surface area (Å²) in [6.45, 7) is 3.95. The zero-order valence-corrected chi connectivity index (χ0v) is 14.8. The Labute approximate surface area is 155 Å². The average Bonchev–Trinajstić information content (AvgIpc) is 2.93. The van der Waals surface area contributed by atoms with Crippen LogP contribution in [0.5, 0.6) is 11.5 Å². The summed E-state index contributed by atoms with van der Waals surface area (Å²) in [5, 5.41) is 24.3. The molecule has 0 aliphatic carbocycles. The summed E-state index contributed by atoms with van der Waals surface area (Å²) >= 11 is 0. The van der Waals surface area contributed by atoms with Gasteiger partial charge in [-0.2, -0.15) is 10.1 Å². The van der Waals surface area contributed by atoms with Crippen molar-refractivity contribution in [1.29, 1.82) is 0 Å². The Balaban J connectivity index is 1.90.